The molecule has 0 aliphatic rings. The predicted molar refractivity (Wildman–Crippen MR) is 53.4 cm³/mol. The maximum absolute atomic E-state index is 8.54. The van der Waals surface area contributed by atoms with Crippen LogP contribution in [0.1, 0.15) is 0 Å². The number of hydrogen-bond donors (Lipinski definition) is 2. The summed E-state index contributed by atoms with van der Waals surface area (Å²) < 4.78 is 21.3. The van der Waals surface area contributed by atoms with E-state index in [1.54, 1.807) is 32.4 Å². The van der Waals surface area contributed by atoms with Gasteiger partial charge in [-0.3, -0.25) is 0 Å². The van der Waals surface area contributed by atoms with Crippen molar-refractivity contribution in [2.24, 2.45) is 0 Å². The van der Waals surface area contributed by atoms with E-state index in [9.17, 15) is 0 Å². The van der Waals surface area contributed by atoms with Gasteiger partial charge in [-0.2, -0.15) is 0 Å². The van der Waals surface area contributed by atoms with Gasteiger partial charge in [-0.05, 0) is 12.1 Å². The molecular weight excluding hydrogens is 190 g/mol. The fraction of sp³-hybridized carbons (Fsp3) is 0.250. The third-order valence-electron chi connectivity index (χ3n) is 1.55. The largest absolute Gasteiger partial charge is 0.493 e. The second-order valence-corrected chi connectivity index (χ2v) is 2.65. The summed E-state index contributed by atoms with van der Waals surface area (Å²) in [7, 11) is 3.14. The molecule has 0 saturated carbocycles. The molecule has 0 spiro atoms. The summed E-state index contributed by atoms with van der Waals surface area (Å²) >= 11 is 0.541. The first-order chi connectivity index (χ1) is 6.31. The molecule has 0 unspecified atom stereocenters. The van der Waals surface area contributed by atoms with Crippen LogP contribution in [-0.4, -0.2) is 18.8 Å². The number of anilines is 1. The lowest BCUT2D eigenvalue weighted by Crippen LogP contribution is -1.92. The molecule has 0 saturated heterocycles. The van der Waals surface area contributed by atoms with Crippen LogP contribution in [-0.2, 0) is 0 Å². The SMILES string of the molecule is COc1ccc(NSO)cc1OC. The number of rotatable bonds is 4. The lowest BCUT2D eigenvalue weighted by molar-refractivity contribution is 0.355. The fourth-order valence-electron chi connectivity index (χ4n) is 0.952. The maximum Gasteiger partial charge on any atom is 0.162 e. The minimum Gasteiger partial charge on any atom is -0.493 e. The molecule has 0 atom stereocenters. The van der Waals surface area contributed by atoms with Crippen LogP contribution >= 0.6 is 12.2 Å². The van der Waals surface area contributed by atoms with E-state index in [4.69, 9.17) is 14.0 Å². The third kappa shape index (κ3) is 2.43. The quantitative estimate of drug-likeness (QED) is 0.578. The predicted octanol–water partition coefficient (Wildman–Crippen LogP) is 2.24. The van der Waals surface area contributed by atoms with Gasteiger partial charge in [-0.1, -0.05) is 0 Å². The van der Waals surface area contributed by atoms with E-state index in [-0.39, 0.29) is 0 Å². The molecule has 5 heteroatoms. The highest BCUT2D eigenvalue weighted by molar-refractivity contribution is 7.95. The Morgan fingerprint density at radius 1 is 1.23 bits per heavy atom. The number of benzene rings is 1. The molecule has 0 amide bonds. The van der Waals surface area contributed by atoms with Gasteiger partial charge in [-0.15, -0.1) is 0 Å². The van der Waals surface area contributed by atoms with Crippen molar-refractivity contribution in [3.63, 3.8) is 0 Å². The van der Waals surface area contributed by atoms with Crippen LogP contribution in [0.3, 0.4) is 0 Å². The summed E-state index contributed by atoms with van der Waals surface area (Å²) in [5.41, 5.74) is 0.755. The zero-order valence-corrected chi connectivity index (χ0v) is 8.22. The number of nitrogens with one attached hydrogen (secondary N) is 1. The molecule has 0 aliphatic carbocycles. The Labute approximate surface area is 81.2 Å². The summed E-state index contributed by atoms with van der Waals surface area (Å²) in [6.07, 6.45) is 0. The van der Waals surface area contributed by atoms with E-state index in [0.29, 0.717) is 23.7 Å². The second kappa shape index (κ2) is 4.84. The molecule has 1 rings (SSSR count). The van der Waals surface area contributed by atoms with Crippen LogP contribution in [0.2, 0.25) is 0 Å². The Kier molecular flexibility index (Phi) is 3.72. The first kappa shape index (κ1) is 10.0. The van der Waals surface area contributed by atoms with Gasteiger partial charge >= 0.3 is 0 Å². The van der Waals surface area contributed by atoms with Crippen molar-refractivity contribution in [2.45, 2.75) is 0 Å². The average molecular weight is 201 g/mol. The number of methoxy groups -OCH3 is 2. The highest BCUT2D eigenvalue weighted by atomic mass is 32.2. The van der Waals surface area contributed by atoms with Gasteiger partial charge < -0.3 is 18.7 Å². The van der Waals surface area contributed by atoms with Gasteiger partial charge in [0.05, 0.1) is 19.9 Å². The molecule has 13 heavy (non-hydrogen) atoms. The molecule has 2 N–H and O–H groups in total. The number of ether oxygens (including phenoxy) is 2. The first-order valence-electron chi connectivity index (χ1n) is 3.60. The minimum atomic E-state index is 0.541. The van der Waals surface area contributed by atoms with Crippen LogP contribution in [0.15, 0.2) is 18.2 Å². The Bertz CT molecular complexity index is 280. The lowest BCUT2D eigenvalue weighted by atomic mass is 10.3. The van der Waals surface area contributed by atoms with Gasteiger partial charge in [-0.25, -0.2) is 0 Å². The molecule has 0 aromatic heterocycles. The summed E-state index contributed by atoms with van der Waals surface area (Å²) in [6, 6.07) is 5.28. The Morgan fingerprint density at radius 3 is 2.46 bits per heavy atom. The van der Waals surface area contributed by atoms with Crippen molar-refractivity contribution in [1.29, 1.82) is 0 Å². The summed E-state index contributed by atoms with van der Waals surface area (Å²) in [4.78, 5) is 0. The second-order valence-electron chi connectivity index (χ2n) is 2.26. The van der Waals surface area contributed by atoms with Crippen molar-refractivity contribution >= 4 is 17.9 Å². The van der Waals surface area contributed by atoms with E-state index < -0.39 is 0 Å². The van der Waals surface area contributed by atoms with Crippen molar-refractivity contribution < 1.29 is 14.0 Å². The highest BCUT2D eigenvalue weighted by Gasteiger charge is 2.03. The zero-order valence-electron chi connectivity index (χ0n) is 7.40. The fourth-order valence-corrected chi connectivity index (χ4v) is 1.18. The normalized spacial score (nSPS) is 9.46. The van der Waals surface area contributed by atoms with Gasteiger partial charge in [0.25, 0.3) is 0 Å². The van der Waals surface area contributed by atoms with E-state index >= 15 is 0 Å². The molecule has 0 aliphatic heterocycles. The number of hydrogen-bond acceptors (Lipinski definition) is 5. The molecular formula is C8H11NO3S. The molecule has 1 aromatic rings. The summed E-state index contributed by atoms with van der Waals surface area (Å²) in [5.74, 6) is 1.29. The van der Waals surface area contributed by atoms with E-state index in [1.807, 2.05) is 0 Å². The Hall–Kier alpha value is -1.07. The molecule has 1 aromatic carbocycles. The summed E-state index contributed by atoms with van der Waals surface area (Å²) in [5, 5.41) is 0. The van der Waals surface area contributed by atoms with E-state index in [1.165, 1.54) is 0 Å². The van der Waals surface area contributed by atoms with Crippen molar-refractivity contribution in [3.8, 4) is 11.5 Å². The maximum atomic E-state index is 8.54. The van der Waals surface area contributed by atoms with Crippen LogP contribution in [0.25, 0.3) is 0 Å². The van der Waals surface area contributed by atoms with Crippen molar-refractivity contribution in [1.82, 2.24) is 0 Å². The molecule has 0 fully saturated rings. The zero-order chi connectivity index (χ0) is 9.68. The standard InChI is InChI=1S/C8H11NO3S/c1-11-7-4-3-6(9-13-10)5-8(7)12-2/h3-5,9-10H,1-2H3. The Morgan fingerprint density at radius 2 is 1.92 bits per heavy atom. The summed E-state index contributed by atoms with van der Waals surface area (Å²) in [6.45, 7) is 0. The van der Waals surface area contributed by atoms with Gasteiger partial charge in [0, 0.05) is 6.07 Å². The molecule has 4 nitrogen and oxygen atoms in total. The van der Waals surface area contributed by atoms with E-state index in [2.05, 4.69) is 4.72 Å². The van der Waals surface area contributed by atoms with Crippen molar-refractivity contribution in [2.75, 3.05) is 18.9 Å². The van der Waals surface area contributed by atoms with Crippen LogP contribution in [0.4, 0.5) is 5.69 Å². The monoisotopic (exact) mass is 201 g/mol. The first-order valence-corrected chi connectivity index (χ1v) is 4.37. The lowest BCUT2D eigenvalue weighted by Gasteiger charge is -2.08. The van der Waals surface area contributed by atoms with E-state index in [0.717, 1.165) is 5.69 Å². The van der Waals surface area contributed by atoms with Crippen molar-refractivity contribution in [3.05, 3.63) is 18.2 Å². The third-order valence-corrected chi connectivity index (χ3v) is 1.87. The van der Waals surface area contributed by atoms with Crippen LogP contribution in [0, 0.1) is 0 Å². The topological polar surface area (TPSA) is 50.7 Å². The molecule has 0 bridgehead atoms. The Balaban J connectivity index is 2.91. The molecule has 0 heterocycles. The minimum absolute atomic E-state index is 0.541. The van der Waals surface area contributed by atoms with Gasteiger partial charge in [0.15, 0.2) is 11.5 Å². The van der Waals surface area contributed by atoms with Gasteiger partial charge in [0.2, 0.25) is 0 Å². The molecule has 0 radical (unpaired) electrons. The van der Waals surface area contributed by atoms with Crippen LogP contribution < -0.4 is 14.2 Å². The van der Waals surface area contributed by atoms with Crippen LogP contribution in [0.5, 0.6) is 11.5 Å². The highest BCUT2D eigenvalue weighted by Crippen LogP contribution is 2.30. The smallest absolute Gasteiger partial charge is 0.162 e. The van der Waals surface area contributed by atoms with Gasteiger partial charge in [0.1, 0.15) is 12.2 Å². The average Bonchev–Trinajstić information content (AvgIpc) is 2.18. The molecule has 72 valence electrons.